The van der Waals surface area contributed by atoms with Gasteiger partial charge in [0.2, 0.25) is 0 Å². The van der Waals surface area contributed by atoms with Crippen LogP contribution in [-0.4, -0.2) is 52.1 Å². The van der Waals surface area contributed by atoms with Crippen LogP contribution in [0.3, 0.4) is 0 Å². The van der Waals surface area contributed by atoms with E-state index in [4.69, 9.17) is 10.8 Å². The third-order valence-corrected chi connectivity index (χ3v) is 7.43. The van der Waals surface area contributed by atoms with Crippen LogP contribution in [0.25, 0.3) is 10.2 Å². The molecule has 2 aromatic heterocycles. The maximum Gasteiger partial charge on any atom is 0.259 e. The third kappa shape index (κ3) is 5.32. The number of rotatable bonds is 7. The van der Waals surface area contributed by atoms with Crippen LogP contribution in [0.15, 0.2) is 30.3 Å². The Bertz CT molecular complexity index is 1250. The van der Waals surface area contributed by atoms with Gasteiger partial charge in [-0.2, -0.15) is 0 Å². The molecule has 0 atom stereocenters. The van der Waals surface area contributed by atoms with Crippen molar-refractivity contribution in [1.29, 1.82) is 10.8 Å². The summed E-state index contributed by atoms with van der Waals surface area (Å²) in [5, 5.41) is 19.3. The van der Waals surface area contributed by atoms with Crippen molar-refractivity contribution < 1.29 is 9.18 Å². The fourth-order valence-electron chi connectivity index (χ4n) is 4.31. The molecule has 10 heteroatoms. The van der Waals surface area contributed by atoms with Gasteiger partial charge in [-0.25, -0.2) is 14.4 Å². The molecule has 4 rings (SSSR count). The van der Waals surface area contributed by atoms with Gasteiger partial charge < -0.3 is 15.1 Å². The number of thiazole rings is 1. The second-order valence-electron chi connectivity index (χ2n) is 9.04. The van der Waals surface area contributed by atoms with Crippen molar-refractivity contribution in [3.05, 3.63) is 47.4 Å². The summed E-state index contributed by atoms with van der Waals surface area (Å²) in [6.07, 6.45) is 7.03. The number of carbonyl (C=O) groups is 1. The standard InChI is InChI=1S/C25H30FN7OS/c1-15(2)33(14-27)23(28)19-10-7-11-22(29-19)31-24(34)17-12-21-20(13-18(17)26)30-25(35-21)32(3)16-8-5-4-6-9-16/h7,10-16,27-28H,4-6,8-9H2,1-3H3,(H,29,31,34). The van der Waals surface area contributed by atoms with Crippen molar-refractivity contribution in [2.24, 2.45) is 0 Å². The Balaban J connectivity index is 1.54. The Hall–Kier alpha value is -3.40. The van der Waals surface area contributed by atoms with Gasteiger partial charge in [0.05, 0.1) is 22.1 Å². The number of hydrogen-bond donors (Lipinski definition) is 3. The minimum absolute atomic E-state index is 0.0398. The van der Waals surface area contributed by atoms with Crippen LogP contribution >= 0.6 is 11.3 Å². The number of nitrogens with one attached hydrogen (secondary N) is 3. The van der Waals surface area contributed by atoms with Crippen LogP contribution in [0.2, 0.25) is 0 Å². The summed E-state index contributed by atoms with van der Waals surface area (Å²) in [6.45, 7) is 3.73. The highest BCUT2D eigenvalue weighted by Crippen LogP contribution is 2.33. The smallest absolute Gasteiger partial charge is 0.259 e. The highest BCUT2D eigenvalue weighted by atomic mass is 32.1. The Labute approximate surface area is 208 Å². The maximum absolute atomic E-state index is 14.9. The van der Waals surface area contributed by atoms with Gasteiger partial charge in [0.25, 0.3) is 5.91 Å². The zero-order valence-electron chi connectivity index (χ0n) is 20.1. The summed E-state index contributed by atoms with van der Waals surface area (Å²) in [6, 6.07) is 8.06. The number of aromatic nitrogens is 2. The molecule has 3 aromatic rings. The van der Waals surface area contributed by atoms with Crippen molar-refractivity contribution in [2.75, 3.05) is 17.3 Å². The van der Waals surface area contributed by atoms with Gasteiger partial charge in [-0.1, -0.05) is 36.7 Å². The molecule has 35 heavy (non-hydrogen) atoms. The van der Waals surface area contributed by atoms with Gasteiger partial charge in [0.1, 0.15) is 17.3 Å². The van der Waals surface area contributed by atoms with E-state index in [1.54, 1.807) is 18.2 Å². The van der Waals surface area contributed by atoms with Crippen molar-refractivity contribution in [2.45, 2.75) is 58.0 Å². The third-order valence-electron chi connectivity index (χ3n) is 6.32. The molecule has 0 radical (unpaired) electrons. The molecule has 0 saturated heterocycles. The van der Waals surface area contributed by atoms with Crippen molar-refractivity contribution in [3.63, 3.8) is 0 Å². The molecular weight excluding hydrogens is 465 g/mol. The van der Waals surface area contributed by atoms with E-state index in [-0.39, 0.29) is 23.3 Å². The second-order valence-corrected chi connectivity index (χ2v) is 10.0. The zero-order valence-corrected chi connectivity index (χ0v) is 21.0. The minimum Gasteiger partial charge on any atom is -0.348 e. The predicted molar refractivity (Wildman–Crippen MR) is 140 cm³/mol. The number of amides is 1. The quantitative estimate of drug-likeness (QED) is 0.296. The van der Waals surface area contributed by atoms with Crippen LogP contribution in [0.1, 0.15) is 62.0 Å². The van der Waals surface area contributed by atoms with E-state index in [2.05, 4.69) is 20.2 Å². The van der Waals surface area contributed by atoms with Gasteiger partial charge in [-0.15, -0.1) is 0 Å². The molecule has 1 aliphatic rings. The van der Waals surface area contributed by atoms with Gasteiger partial charge >= 0.3 is 0 Å². The molecule has 1 saturated carbocycles. The van der Waals surface area contributed by atoms with Crippen molar-refractivity contribution in [1.82, 2.24) is 14.9 Å². The fraction of sp³-hybridized carbons (Fsp3) is 0.400. The van der Waals surface area contributed by atoms with Gasteiger partial charge in [-0.3, -0.25) is 15.6 Å². The van der Waals surface area contributed by atoms with Gasteiger partial charge in [-0.05, 0) is 44.9 Å². The Morgan fingerprint density at radius 1 is 1.23 bits per heavy atom. The number of anilines is 2. The molecule has 1 amide bonds. The van der Waals surface area contributed by atoms with E-state index < -0.39 is 11.7 Å². The molecule has 184 valence electrons. The summed E-state index contributed by atoms with van der Waals surface area (Å²) in [5.41, 5.74) is 0.753. The lowest BCUT2D eigenvalue weighted by molar-refractivity contribution is 0.102. The highest BCUT2D eigenvalue weighted by molar-refractivity contribution is 7.22. The lowest BCUT2D eigenvalue weighted by Gasteiger charge is -2.30. The van der Waals surface area contributed by atoms with E-state index in [0.717, 1.165) is 29.0 Å². The number of nitrogens with zero attached hydrogens (tertiary/aromatic N) is 4. The lowest BCUT2D eigenvalue weighted by atomic mass is 9.95. The van der Waals surface area contributed by atoms with Gasteiger partial charge in [0, 0.05) is 25.2 Å². The molecule has 0 bridgehead atoms. The number of benzene rings is 1. The van der Waals surface area contributed by atoms with Crippen LogP contribution in [0.5, 0.6) is 0 Å². The number of fused-ring (bicyclic) bond motifs is 1. The molecule has 8 nitrogen and oxygen atoms in total. The highest BCUT2D eigenvalue weighted by Gasteiger charge is 2.22. The molecular formula is C25H30FN7OS. The van der Waals surface area contributed by atoms with Crippen molar-refractivity contribution >= 4 is 50.6 Å². The number of halogens is 1. The molecule has 3 N–H and O–H groups in total. The Morgan fingerprint density at radius 2 is 1.97 bits per heavy atom. The van der Waals surface area contributed by atoms with E-state index in [0.29, 0.717) is 17.3 Å². The largest absolute Gasteiger partial charge is 0.348 e. The maximum atomic E-state index is 14.9. The first-order valence-electron chi connectivity index (χ1n) is 11.8. The monoisotopic (exact) mass is 495 g/mol. The van der Waals surface area contributed by atoms with Crippen molar-refractivity contribution in [3.8, 4) is 0 Å². The average Bonchev–Trinajstić information content (AvgIpc) is 3.26. The van der Waals surface area contributed by atoms with Crippen LogP contribution < -0.4 is 10.2 Å². The molecule has 1 fully saturated rings. The van der Waals surface area contributed by atoms with Crippen LogP contribution in [0, 0.1) is 16.6 Å². The number of carbonyl (C=O) groups excluding carboxylic acids is 1. The summed E-state index contributed by atoms with van der Waals surface area (Å²) < 4.78 is 15.6. The average molecular weight is 496 g/mol. The molecule has 1 aromatic carbocycles. The van der Waals surface area contributed by atoms with Crippen LogP contribution in [-0.2, 0) is 0 Å². The molecule has 0 unspecified atom stereocenters. The predicted octanol–water partition coefficient (Wildman–Crippen LogP) is 5.49. The second kappa shape index (κ2) is 10.5. The molecule has 2 heterocycles. The summed E-state index contributed by atoms with van der Waals surface area (Å²) >= 11 is 1.46. The van der Waals surface area contributed by atoms with E-state index in [9.17, 15) is 9.18 Å². The normalized spacial score (nSPS) is 14.2. The first-order valence-corrected chi connectivity index (χ1v) is 12.6. The number of hydrogen-bond acceptors (Lipinski definition) is 7. The zero-order chi connectivity index (χ0) is 25.1. The minimum atomic E-state index is -0.647. The Kier molecular flexibility index (Phi) is 7.39. The first kappa shape index (κ1) is 24.7. The van der Waals surface area contributed by atoms with E-state index >= 15 is 0 Å². The van der Waals surface area contributed by atoms with Crippen LogP contribution in [0.4, 0.5) is 15.3 Å². The summed E-state index contributed by atoms with van der Waals surface area (Å²) in [7, 11) is 2.03. The molecule has 0 aliphatic heterocycles. The summed E-state index contributed by atoms with van der Waals surface area (Å²) in [4.78, 5) is 25.5. The SMILES string of the molecule is CC(C)N(C=N)C(=N)c1cccc(NC(=O)c2cc3sc(N(C)C4CCCCC4)nc3cc2F)n1. The fourth-order valence-corrected chi connectivity index (χ4v) is 5.33. The summed E-state index contributed by atoms with van der Waals surface area (Å²) in [5.74, 6) is -1.03. The molecule has 1 aliphatic carbocycles. The topological polar surface area (TPSA) is 109 Å². The van der Waals surface area contributed by atoms with E-state index in [1.165, 1.54) is 47.6 Å². The lowest BCUT2D eigenvalue weighted by Crippen LogP contribution is -2.36. The number of pyridine rings is 1. The Morgan fingerprint density at radius 3 is 2.66 bits per heavy atom. The molecule has 0 spiro atoms. The van der Waals surface area contributed by atoms with E-state index in [1.807, 2.05) is 20.9 Å². The number of amidine groups is 1. The van der Waals surface area contributed by atoms with Gasteiger partial charge in [0.15, 0.2) is 11.0 Å². The first-order chi connectivity index (χ1) is 16.8.